The lowest BCUT2D eigenvalue weighted by Crippen LogP contribution is -2.41. The molecule has 5 nitrogen and oxygen atoms in total. The van der Waals surface area contributed by atoms with Gasteiger partial charge in [0.2, 0.25) is 5.91 Å². The lowest BCUT2D eigenvalue weighted by Gasteiger charge is -2.35. The predicted molar refractivity (Wildman–Crippen MR) is 77.0 cm³/mol. The molecule has 2 unspecified atom stereocenters. The van der Waals surface area contributed by atoms with Gasteiger partial charge in [0.1, 0.15) is 11.9 Å². The average Bonchev–Trinajstić information content (AvgIpc) is 2.90. The minimum atomic E-state index is -0.586. The van der Waals surface area contributed by atoms with E-state index in [-0.39, 0.29) is 11.8 Å². The molecule has 0 bridgehead atoms. The molecule has 2 heterocycles. The van der Waals surface area contributed by atoms with Crippen LogP contribution in [0.2, 0.25) is 0 Å². The van der Waals surface area contributed by atoms with Gasteiger partial charge in [0.05, 0.1) is 0 Å². The number of nitrogens with zero attached hydrogens (tertiary/aromatic N) is 3. The maximum Gasteiger partial charge on any atom is 0.222 e. The SMILES string of the molecule is CCCCC(=O)N1CCCC(C(O)c2nccn2C)C1. The van der Waals surface area contributed by atoms with Gasteiger partial charge in [0.15, 0.2) is 0 Å². The van der Waals surface area contributed by atoms with Crippen LogP contribution in [0.5, 0.6) is 0 Å². The highest BCUT2D eigenvalue weighted by molar-refractivity contribution is 5.76. The molecule has 1 saturated heterocycles. The van der Waals surface area contributed by atoms with Crippen LogP contribution in [-0.4, -0.2) is 38.6 Å². The zero-order chi connectivity index (χ0) is 14.5. The number of rotatable bonds is 5. The smallest absolute Gasteiger partial charge is 0.222 e. The van der Waals surface area contributed by atoms with Gasteiger partial charge < -0.3 is 14.6 Å². The maximum atomic E-state index is 12.1. The van der Waals surface area contributed by atoms with E-state index in [0.717, 1.165) is 32.2 Å². The lowest BCUT2D eigenvalue weighted by molar-refractivity contribution is -0.134. The molecule has 1 N–H and O–H groups in total. The lowest BCUT2D eigenvalue weighted by atomic mass is 9.91. The fourth-order valence-corrected chi connectivity index (χ4v) is 2.85. The number of amides is 1. The Labute approximate surface area is 120 Å². The van der Waals surface area contributed by atoms with Gasteiger partial charge in [-0.05, 0) is 19.3 Å². The molecule has 0 spiro atoms. The average molecular weight is 279 g/mol. The van der Waals surface area contributed by atoms with Crippen molar-refractivity contribution < 1.29 is 9.90 Å². The van der Waals surface area contributed by atoms with Crippen LogP contribution < -0.4 is 0 Å². The van der Waals surface area contributed by atoms with Crippen LogP contribution in [0.15, 0.2) is 12.4 Å². The highest BCUT2D eigenvalue weighted by atomic mass is 16.3. The Morgan fingerprint density at radius 3 is 3.05 bits per heavy atom. The van der Waals surface area contributed by atoms with Crippen LogP contribution in [0.1, 0.15) is 51.0 Å². The number of aliphatic hydroxyl groups is 1. The van der Waals surface area contributed by atoms with Crippen molar-refractivity contribution >= 4 is 5.91 Å². The fourth-order valence-electron chi connectivity index (χ4n) is 2.85. The fraction of sp³-hybridized carbons (Fsp3) is 0.733. The van der Waals surface area contributed by atoms with Gasteiger partial charge in [-0.25, -0.2) is 4.98 Å². The molecule has 2 atom stereocenters. The van der Waals surface area contributed by atoms with E-state index in [2.05, 4.69) is 11.9 Å². The summed E-state index contributed by atoms with van der Waals surface area (Å²) in [5, 5.41) is 10.5. The van der Waals surface area contributed by atoms with E-state index in [0.29, 0.717) is 18.8 Å². The molecule has 1 fully saturated rings. The van der Waals surface area contributed by atoms with Crippen LogP contribution in [-0.2, 0) is 11.8 Å². The predicted octanol–water partition coefficient (Wildman–Crippen LogP) is 1.88. The summed E-state index contributed by atoms with van der Waals surface area (Å²) in [4.78, 5) is 18.2. The summed E-state index contributed by atoms with van der Waals surface area (Å²) in [5.74, 6) is 1.01. The largest absolute Gasteiger partial charge is 0.385 e. The van der Waals surface area contributed by atoms with Crippen LogP contribution in [0, 0.1) is 5.92 Å². The molecule has 1 amide bonds. The normalized spacial score (nSPS) is 20.9. The molecule has 0 radical (unpaired) electrons. The Bertz CT molecular complexity index is 444. The number of carbonyl (C=O) groups is 1. The summed E-state index contributed by atoms with van der Waals surface area (Å²) < 4.78 is 1.85. The number of likely N-dealkylation sites (tertiary alicyclic amines) is 1. The molecule has 5 heteroatoms. The van der Waals surface area contributed by atoms with Gasteiger partial charge in [0, 0.05) is 44.9 Å². The van der Waals surface area contributed by atoms with Gasteiger partial charge in [-0.3, -0.25) is 4.79 Å². The Kier molecular flexibility index (Phi) is 5.17. The van der Waals surface area contributed by atoms with E-state index in [1.807, 2.05) is 22.7 Å². The quantitative estimate of drug-likeness (QED) is 0.895. The van der Waals surface area contributed by atoms with E-state index in [9.17, 15) is 9.90 Å². The van der Waals surface area contributed by atoms with E-state index in [4.69, 9.17) is 0 Å². The number of imidazole rings is 1. The number of aromatic nitrogens is 2. The van der Waals surface area contributed by atoms with E-state index < -0.39 is 6.10 Å². The first-order valence-electron chi connectivity index (χ1n) is 7.56. The first-order chi connectivity index (χ1) is 9.63. The van der Waals surface area contributed by atoms with Crippen LogP contribution in [0.3, 0.4) is 0 Å². The standard InChI is InChI=1S/C15H25N3O2/c1-3-4-7-13(19)18-9-5-6-12(11-18)14(20)15-16-8-10-17(15)2/h8,10,12,14,20H,3-7,9,11H2,1-2H3. The Hall–Kier alpha value is -1.36. The molecular weight excluding hydrogens is 254 g/mol. The van der Waals surface area contributed by atoms with Crippen molar-refractivity contribution in [2.24, 2.45) is 13.0 Å². The highest BCUT2D eigenvalue weighted by Gasteiger charge is 2.30. The molecule has 2 rings (SSSR count). The van der Waals surface area contributed by atoms with Crippen molar-refractivity contribution in [3.05, 3.63) is 18.2 Å². The third-order valence-electron chi connectivity index (χ3n) is 4.12. The topological polar surface area (TPSA) is 58.4 Å². The van der Waals surface area contributed by atoms with Gasteiger partial charge in [0.25, 0.3) is 0 Å². The van der Waals surface area contributed by atoms with Gasteiger partial charge in [-0.2, -0.15) is 0 Å². The Morgan fingerprint density at radius 2 is 2.40 bits per heavy atom. The van der Waals surface area contributed by atoms with E-state index >= 15 is 0 Å². The Balaban J connectivity index is 1.96. The number of hydrogen-bond donors (Lipinski definition) is 1. The molecule has 0 saturated carbocycles. The van der Waals surface area contributed by atoms with Crippen LogP contribution in [0.4, 0.5) is 0 Å². The molecule has 20 heavy (non-hydrogen) atoms. The second kappa shape index (κ2) is 6.88. The van der Waals surface area contributed by atoms with Crippen LogP contribution in [0.25, 0.3) is 0 Å². The molecule has 0 aromatic carbocycles. The first kappa shape index (κ1) is 15.0. The van der Waals surface area contributed by atoms with Gasteiger partial charge in [-0.1, -0.05) is 13.3 Å². The molecule has 112 valence electrons. The molecule has 1 aromatic rings. The molecule has 1 aliphatic rings. The van der Waals surface area contributed by atoms with Crippen LogP contribution >= 0.6 is 0 Å². The minimum absolute atomic E-state index is 0.0930. The van der Waals surface area contributed by atoms with Crippen molar-refractivity contribution in [1.29, 1.82) is 0 Å². The molecular formula is C15H25N3O2. The van der Waals surface area contributed by atoms with Crippen molar-refractivity contribution in [2.45, 2.75) is 45.1 Å². The van der Waals surface area contributed by atoms with Gasteiger partial charge in [-0.15, -0.1) is 0 Å². The number of unbranched alkanes of at least 4 members (excludes halogenated alkanes) is 1. The summed E-state index contributed by atoms with van der Waals surface area (Å²) in [5.41, 5.74) is 0. The molecule has 0 aliphatic carbocycles. The zero-order valence-electron chi connectivity index (χ0n) is 12.5. The van der Waals surface area contributed by atoms with Gasteiger partial charge >= 0.3 is 0 Å². The molecule has 1 aromatic heterocycles. The summed E-state index contributed by atoms with van der Waals surface area (Å²) in [6, 6.07) is 0. The minimum Gasteiger partial charge on any atom is -0.385 e. The highest BCUT2D eigenvalue weighted by Crippen LogP contribution is 2.29. The number of hydrogen-bond acceptors (Lipinski definition) is 3. The summed E-state index contributed by atoms with van der Waals surface area (Å²) in [7, 11) is 1.89. The number of aliphatic hydroxyl groups excluding tert-OH is 1. The zero-order valence-corrected chi connectivity index (χ0v) is 12.5. The van der Waals surface area contributed by atoms with Crippen molar-refractivity contribution in [3.63, 3.8) is 0 Å². The van der Waals surface area contributed by atoms with Crippen molar-refractivity contribution in [2.75, 3.05) is 13.1 Å². The second-order valence-electron chi connectivity index (χ2n) is 5.69. The monoisotopic (exact) mass is 279 g/mol. The first-order valence-corrected chi connectivity index (χ1v) is 7.56. The second-order valence-corrected chi connectivity index (χ2v) is 5.69. The Morgan fingerprint density at radius 1 is 1.60 bits per heavy atom. The third-order valence-corrected chi connectivity index (χ3v) is 4.12. The molecule has 1 aliphatic heterocycles. The van der Waals surface area contributed by atoms with E-state index in [1.54, 1.807) is 6.20 Å². The summed E-state index contributed by atoms with van der Waals surface area (Å²) in [6.07, 6.45) is 7.48. The summed E-state index contributed by atoms with van der Waals surface area (Å²) >= 11 is 0. The third kappa shape index (κ3) is 3.39. The summed E-state index contributed by atoms with van der Waals surface area (Å²) in [6.45, 7) is 3.57. The van der Waals surface area contributed by atoms with Crippen molar-refractivity contribution in [3.8, 4) is 0 Å². The number of aryl methyl sites for hydroxylation is 1. The van der Waals surface area contributed by atoms with E-state index in [1.165, 1.54) is 0 Å². The van der Waals surface area contributed by atoms with Crippen molar-refractivity contribution in [1.82, 2.24) is 14.5 Å². The number of piperidine rings is 1. The number of carbonyl (C=O) groups excluding carboxylic acids is 1. The maximum absolute atomic E-state index is 12.1.